The van der Waals surface area contributed by atoms with Crippen molar-refractivity contribution in [3.05, 3.63) is 29.8 Å². The number of rotatable bonds is 7. The highest BCUT2D eigenvalue weighted by molar-refractivity contribution is 7.89. The van der Waals surface area contributed by atoms with Gasteiger partial charge in [-0.15, -0.1) is 0 Å². The average molecular weight is 314 g/mol. The van der Waals surface area contributed by atoms with Crippen LogP contribution in [0.2, 0.25) is 0 Å². The summed E-state index contributed by atoms with van der Waals surface area (Å²) >= 11 is 0. The molecule has 0 saturated carbocycles. The van der Waals surface area contributed by atoms with Crippen molar-refractivity contribution in [2.75, 3.05) is 20.6 Å². The van der Waals surface area contributed by atoms with Gasteiger partial charge in [-0.05, 0) is 30.5 Å². The molecule has 0 aliphatic heterocycles. The molecule has 1 aromatic carbocycles. The van der Waals surface area contributed by atoms with Crippen LogP contribution in [0.3, 0.4) is 0 Å². The average Bonchev–Trinajstić information content (AvgIpc) is 2.44. The third-order valence-electron chi connectivity index (χ3n) is 3.56. The number of aliphatic hydroxyl groups excluding tert-OH is 1. The van der Waals surface area contributed by atoms with Crippen LogP contribution in [-0.2, 0) is 10.0 Å². The summed E-state index contributed by atoms with van der Waals surface area (Å²) in [6.07, 6.45) is -0.388. The molecule has 6 heteroatoms. The third kappa shape index (κ3) is 4.78. The molecule has 2 N–H and O–H groups in total. The molecule has 0 aromatic heterocycles. The summed E-state index contributed by atoms with van der Waals surface area (Å²) in [4.78, 5) is 0.283. The van der Waals surface area contributed by atoms with Crippen molar-refractivity contribution in [2.45, 2.75) is 37.8 Å². The van der Waals surface area contributed by atoms with E-state index in [9.17, 15) is 13.5 Å². The van der Waals surface area contributed by atoms with Crippen molar-refractivity contribution in [2.24, 2.45) is 5.92 Å². The van der Waals surface area contributed by atoms with Crippen LogP contribution in [0.1, 0.15) is 32.4 Å². The van der Waals surface area contributed by atoms with E-state index >= 15 is 0 Å². The zero-order valence-corrected chi connectivity index (χ0v) is 14.2. The van der Waals surface area contributed by atoms with Crippen molar-refractivity contribution < 1.29 is 13.5 Å². The molecule has 0 heterocycles. The minimum Gasteiger partial charge on any atom is -0.392 e. The Bertz CT molecular complexity index is 539. The van der Waals surface area contributed by atoms with Crippen LogP contribution in [0.5, 0.6) is 0 Å². The SMILES string of the molecule is CC(NCC(O)C(C)C)c1ccc(S(=O)(=O)N(C)C)cc1. The Hall–Kier alpha value is -0.950. The van der Waals surface area contributed by atoms with Gasteiger partial charge < -0.3 is 10.4 Å². The van der Waals surface area contributed by atoms with Gasteiger partial charge in [-0.3, -0.25) is 0 Å². The molecule has 0 radical (unpaired) electrons. The second-order valence-electron chi connectivity index (χ2n) is 5.80. The van der Waals surface area contributed by atoms with E-state index in [4.69, 9.17) is 0 Å². The molecule has 21 heavy (non-hydrogen) atoms. The van der Waals surface area contributed by atoms with E-state index in [0.29, 0.717) is 6.54 Å². The van der Waals surface area contributed by atoms with Crippen molar-refractivity contribution >= 4 is 10.0 Å². The van der Waals surface area contributed by atoms with Crippen LogP contribution in [0.4, 0.5) is 0 Å². The zero-order valence-electron chi connectivity index (χ0n) is 13.4. The minimum atomic E-state index is -3.38. The van der Waals surface area contributed by atoms with Crippen LogP contribution >= 0.6 is 0 Å². The van der Waals surface area contributed by atoms with Gasteiger partial charge in [0.15, 0.2) is 0 Å². The second kappa shape index (κ2) is 7.35. The first-order valence-corrected chi connectivity index (χ1v) is 8.54. The predicted octanol–water partition coefficient (Wildman–Crippen LogP) is 1.60. The first-order chi connectivity index (χ1) is 9.66. The maximum Gasteiger partial charge on any atom is 0.242 e. The van der Waals surface area contributed by atoms with E-state index in [0.717, 1.165) is 5.56 Å². The van der Waals surface area contributed by atoms with Crippen LogP contribution < -0.4 is 5.32 Å². The van der Waals surface area contributed by atoms with Crippen molar-refractivity contribution in [1.82, 2.24) is 9.62 Å². The Balaban J connectivity index is 2.74. The fourth-order valence-electron chi connectivity index (χ4n) is 1.79. The predicted molar refractivity (Wildman–Crippen MR) is 84.6 cm³/mol. The maximum absolute atomic E-state index is 12.0. The van der Waals surface area contributed by atoms with Crippen molar-refractivity contribution in [1.29, 1.82) is 0 Å². The smallest absolute Gasteiger partial charge is 0.242 e. The van der Waals surface area contributed by atoms with Crippen LogP contribution in [-0.4, -0.2) is 44.6 Å². The lowest BCUT2D eigenvalue weighted by Gasteiger charge is -2.20. The quantitative estimate of drug-likeness (QED) is 0.802. The molecule has 1 rings (SSSR count). The molecule has 0 bridgehead atoms. The summed E-state index contributed by atoms with van der Waals surface area (Å²) in [7, 11) is -0.354. The maximum atomic E-state index is 12.0. The molecule has 5 nitrogen and oxygen atoms in total. The highest BCUT2D eigenvalue weighted by atomic mass is 32.2. The van der Waals surface area contributed by atoms with Gasteiger partial charge in [0.05, 0.1) is 11.0 Å². The van der Waals surface area contributed by atoms with Crippen molar-refractivity contribution in [3.8, 4) is 0 Å². The molecule has 1 aromatic rings. The van der Waals surface area contributed by atoms with E-state index < -0.39 is 10.0 Å². The number of aliphatic hydroxyl groups is 1. The van der Waals surface area contributed by atoms with E-state index in [1.165, 1.54) is 18.4 Å². The lowest BCUT2D eigenvalue weighted by Crippen LogP contribution is -2.32. The number of hydrogen-bond acceptors (Lipinski definition) is 4. The standard InChI is InChI=1S/C15H26N2O3S/c1-11(2)15(18)10-16-12(3)13-6-8-14(9-7-13)21(19,20)17(4)5/h6-9,11-12,15-16,18H,10H2,1-5H3. The number of benzene rings is 1. The molecule has 2 unspecified atom stereocenters. The number of nitrogens with one attached hydrogen (secondary N) is 1. The topological polar surface area (TPSA) is 69.6 Å². The molecule has 0 spiro atoms. The lowest BCUT2D eigenvalue weighted by atomic mass is 10.1. The van der Waals surface area contributed by atoms with Gasteiger partial charge in [0.1, 0.15) is 0 Å². The molecule has 2 atom stereocenters. The summed E-state index contributed by atoms with van der Waals surface area (Å²) in [6.45, 7) is 6.44. The monoisotopic (exact) mass is 314 g/mol. The molecule has 0 aliphatic carbocycles. The van der Waals surface area contributed by atoms with E-state index in [1.807, 2.05) is 20.8 Å². The third-order valence-corrected chi connectivity index (χ3v) is 5.39. The summed E-state index contributed by atoms with van der Waals surface area (Å²) in [5.74, 6) is 0.206. The molecular weight excluding hydrogens is 288 g/mol. The zero-order chi connectivity index (χ0) is 16.2. The summed E-state index contributed by atoms with van der Waals surface area (Å²) < 4.78 is 25.2. The highest BCUT2D eigenvalue weighted by Gasteiger charge is 2.17. The van der Waals surface area contributed by atoms with Crippen molar-refractivity contribution in [3.63, 3.8) is 0 Å². The summed E-state index contributed by atoms with van der Waals surface area (Å²) in [5, 5.41) is 13.0. The summed E-state index contributed by atoms with van der Waals surface area (Å²) in [5.41, 5.74) is 0.990. The second-order valence-corrected chi connectivity index (χ2v) is 7.95. The number of sulfonamides is 1. The minimum absolute atomic E-state index is 0.0505. The fourth-order valence-corrected chi connectivity index (χ4v) is 2.69. The number of hydrogen-bond donors (Lipinski definition) is 2. The van der Waals surface area contributed by atoms with Gasteiger partial charge in [0, 0.05) is 26.7 Å². The van der Waals surface area contributed by atoms with Gasteiger partial charge in [-0.1, -0.05) is 26.0 Å². The Labute approximate surface area is 128 Å². The molecule has 0 saturated heterocycles. The lowest BCUT2D eigenvalue weighted by molar-refractivity contribution is 0.120. The first kappa shape index (κ1) is 18.1. The normalized spacial score (nSPS) is 15.4. The largest absolute Gasteiger partial charge is 0.392 e. The van der Waals surface area contributed by atoms with Crippen LogP contribution in [0, 0.1) is 5.92 Å². The first-order valence-electron chi connectivity index (χ1n) is 7.10. The van der Waals surface area contributed by atoms with Gasteiger partial charge in [0.25, 0.3) is 0 Å². The van der Waals surface area contributed by atoms with Gasteiger partial charge in [0.2, 0.25) is 10.0 Å². The molecule has 0 aliphatic rings. The Morgan fingerprint density at radius 2 is 1.67 bits per heavy atom. The fraction of sp³-hybridized carbons (Fsp3) is 0.600. The van der Waals surface area contributed by atoms with E-state index in [2.05, 4.69) is 5.32 Å². The Morgan fingerprint density at radius 1 is 1.14 bits per heavy atom. The number of nitrogens with zero attached hydrogens (tertiary/aromatic N) is 1. The molecule has 0 amide bonds. The van der Waals surface area contributed by atoms with Gasteiger partial charge in [-0.2, -0.15) is 0 Å². The Morgan fingerprint density at radius 3 is 2.10 bits per heavy atom. The van der Waals surface area contributed by atoms with E-state index in [-0.39, 0.29) is 23.0 Å². The van der Waals surface area contributed by atoms with Gasteiger partial charge in [-0.25, -0.2) is 12.7 Å². The Kier molecular flexibility index (Phi) is 6.34. The summed E-state index contributed by atoms with van der Waals surface area (Å²) in [6, 6.07) is 6.88. The van der Waals surface area contributed by atoms with Gasteiger partial charge >= 0.3 is 0 Å². The van der Waals surface area contributed by atoms with E-state index in [1.54, 1.807) is 24.3 Å². The highest BCUT2D eigenvalue weighted by Crippen LogP contribution is 2.18. The van der Waals surface area contributed by atoms with Crippen LogP contribution in [0.25, 0.3) is 0 Å². The molecule has 0 fully saturated rings. The molecular formula is C15H26N2O3S. The molecule has 120 valence electrons. The van der Waals surface area contributed by atoms with Crippen LogP contribution in [0.15, 0.2) is 29.2 Å².